The molecule has 0 aromatic carbocycles. The molecule has 1 aliphatic rings. The van der Waals surface area contributed by atoms with Crippen molar-refractivity contribution in [1.82, 2.24) is 5.32 Å². The molecule has 1 saturated carbocycles. The molecule has 3 nitrogen and oxygen atoms in total. The minimum atomic E-state index is 0.198. The highest BCUT2D eigenvalue weighted by molar-refractivity contribution is 4.75. The largest absolute Gasteiger partial charge is 0.382 e. The molecule has 3 unspecified atom stereocenters. The summed E-state index contributed by atoms with van der Waals surface area (Å²) in [7, 11) is 1.76. The molecule has 1 rings (SSSR count). The first-order valence-electron chi connectivity index (χ1n) is 8.00. The molecule has 0 saturated heterocycles. The highest BCUT2D eigenvalue weighted by atomic mass is 16.5. The molecule has 0 amide bonds. The van der Waals surface area contributed by atoms with Crippen LogP contribution in [0, 0.1) is 11.8 Å². The Bertz CT molecular complexity index is 221. The highest BCUT2D eigenvalue weighted by Gasteiger charge is 2.24. The first-order valence-corrected chi connectivity index (χ1v) is 8.00. The van der Waals surface area contributed by atoms with Crippen LogP contribution < -0.4 is 5.32 Å². The van der Waals surface area contributed by atoms with Gasteiger partial charge < -0.3 is 14.8 Å². The Hall–Kier alpha value is -0.120. The van der Waals surface area contributed by atoms with E-state index in [1.807, 2.05) is 0 Å². The summed E-state index contributed by atoms with van der Waals surface area (Å²) in [6.07, 6.45) is 7.10. The number of hydrogen-bond acceptors (Lipinski definition) is 3. The Kier molecular flexibility index (Phi) is 8.67. The molecule has 1 N–H and O–H groups in total. The minimum Gasteiger partial charge on any atom is -0.382 e. The lowest BCUT2D eigenvalue weighted by molar-refractivity contribution is -0.0673. The van der Waals surface area contributed by atoms with Crippen molar-refractivity contribution in [1.29, 1.82) is 0 Å². The first kappa shape index (κ1) is 16.9. The SMILES string of the molecule is CCC1CCCC(OC(CNCC(C)C)COC)C1. The number of rotatable bonds is 9. The fourth-order valence-corrected chi connectivity index (χ4v) is 2.87. The summed E-state index contributed by atoms with van der Waals surface area (Å²) in [5, 5.41) is 3.48. The zero-order valence-electron chi connectivity index (χ0n) is 13.3. The van der Waals surface area contributed by atoms with E-state index in [2.05, 4.69) is 26.1 Å². The second kappa shape index (κ2) is 9.73. The van der Waals surface area contributed by atoms with E-state index in [-0.39, 0.29) is 6.10 Å². The first-order chi connectivity index (χ1) is 9.15. The molecule has 0 bridgehead atoms. The fourth-order valence-electron chi connectivity index (χ4n) is 2.87. The molecule has 0 aromatic rings. The van der Waals surface area contributed by atoms with Crippen LogP contribution in [0.3, 0.4) is 0 Å². The van der Waals surface area contributed by atoms with Gasteiger partial charge in [-0.2, -0.15) is 0 Å². The Morgan fingerprint density at radius 2 is 2.00 bits per heavy atom. The smallest absolute Gasteiger partial charge is 0.0936 e. The lowest BCUT2D eigenvalue weighted by Crippen LogP contribution is -2.38. The Morgan fingerprint density at radius 3 is 2.63 bits per heavy atom. The standard InChI is InChI=1S/C16H33NO2/c1-5-14-7-6-8-15(9-14)19-16(12-18-4)11-17-10-13(2)3/h13-17H,5-12H2,1-4H3. The maximum absolute atomic E-state index is 6.26. The van der Waals surface area contributed by atoms with E-state index < -0.39 is 0 Å². The summed E-state index contributed by atoms with van der Waals surface area (Å²) in [6.45, 7) is 9.39. The molecule has 0 heterocycles. The van der Waals surface area contributed by atoms with Crippen molar-refractivity contribution in [2.75, 3.05) is 26.8 Å². The van der Waals surface area contributed by atoms with E-state index in [4.69, 9.17) is 9.47 Å². The third-order valence-electron chi connectivity index (χ3n) is 3.97. The number of methoxy groups -OCH3 is 1. The van der Waals surface area contributed by atoms with Crippen LogP contribution in [-0.4, -0.2) is 39.0 Å². The van der Waals surface area contributed by atoms with Crippen molar-refractivity contribution in [3.8, 4) is 0 Å². The molecule has 0 radical (unpaired) electrons. The van der Waals surface area contributed by atoms with Gasteiger partial charge in [-0.05, 0) is 31.2 Å². The zero-order chi connectivity index (χ0) is 14.1. The van der Waals surface area contributed by atoms with Gasteiger partial charge in [0.1, 0.15) is 0 Å². The van der Waals surface area contributed by atoms with Crippen LogP contribution in [0.25, 0.3) is 0 Å². The number of ether oxygens (including phenoxy) is 2. The minimum absolute atomic E-state index is 0.198. The van der Waals surface area contributed by atoms with Crippen molar-refractivity contribution in [2.24, 2.45) is 11.8 Å². The second-order valence-electron chi connectivity index (χ2n) is 6.33. The molecule has 0 spiro atoms. The van der Waals surface area contributed by atoms with E-state index in [1.165, 1.54) is 32.1 Å². The third kappa shape index (κ3) is 7.28. The molecule has 3 atom stereocenters. The van der Waals surface area contributed by atoms with Gasteiger partial charge in [-0.3, -0.25) is 0 Å². The van der Waals surface area contributed by atoms with Crippen molar-refractivity contribution >= 4 is 0 Å². The average Bonchev–Trinajstić information content (AvgIpc) is 2.38. The van der Waals surface area contributed by atoms with Crippen molar-refractivity contribution in [2.45, 2.75) is 65.1 Å². The van der Waals surface area contributed by atoms with Crippen LogP contribution in [0.5, 0.6) is 0 Å². The summed E-state index contributed by atoms with van der Waals surface area (Å²) in [6, 6.07) is 0. The average molecular weight is 271 g/mol. The van der Waals surface area contributed by atoms with E-state index in [0.717, 1.165) is 19.0 Å². The second-order valence-corrected chi connectivity index (χ2v) is 6.33. The summed E-state index contributed by atoms with van der Waals surface area (Å²) in [5.74, 6) is 1.55. The van der Waals surface area contributed by atoms with Gasteiger partial charge in [0.15, 0.2) is 0 Å². The summed E-state index contributed by atoms with van der Waals surface area (Å²) in [4.78, 5) is 0. The molecule has 114 valence electrons. The van der Waals surface area contributed by atoms with Gasteiger partial charge in [0.05, 0.1) is 18.8 Å². The van der Waals surface area contributed by atoms with Gasteiger partial charge in [0.2, 0.25) is 0 Å². The molecule has 3 heteroatoms. The fraction of sp³-hybridized carbons (Fsp3) is 1.00. The van der Waals surface area contributed by atoms with Gasteiger partial charge in [0, 0.05) is 13.7 Å². The predicted molar refractivity (Wildman–Crippen MR) is 80.5 cm³/mol. The van der Waals surface area contributed by atoms with Crippen LogP contribution in [0.15, 0.2) is 0 Å². The van der Waals surface area contributed by atoms with Crippen LogP contribution >= 0.6 is 0 Å². The van der Waals surface area contributed by atoms with E-state index in [9.17, 15) is 0 Å². The maximum atomic E-state index is 6.26. The van der Waals surface area contributed by atoms with Gasteiger partial charge in [-0.15, -0.1) is 0 Å². The molecule has 19 heavy (non-hydrogen) atoms. The van der Waals surface area contributed by atoms with Gasteiger partial charge >= 0.3 is 0 Å². The van der Waals surface area contributed by atoms with Gasteiger partial charge in [-0.25, -0.2) is 0 Å². The molecular weight excluding hydrogens is 238 g/mol. The van der Waals surface area contributed by atoms with Crippen LogP contribution in [0.2, 0.25) is 0 Å². The van der Waals surface area contributed by atoms with Crippen molar-refractivity contribution in [3.05, 3.63) is 0 Å². The number of hydrogen-bond donors (Lipinski definition) is 1. The predicted octanol–water partition coefficient (Wildman–Crippen LogP) is 3.23. The quantitative estimate of drug-likeness (QED) is 0.698. The molecule has 0 aliphatic heterocycles. The van der Waals surface area contributed by atoms with E-state index >= 15 is 0 Å². The van der Waals surface area contributed by atoms with Crippen LogP contribution in [0.1, 0.15) is 52.9 Å². The summed E-state index contributed by atoms with van der Waals surface area (Å²) < 4.78 is 11.5. The summed E-state index contributed by atoms with van der Waals surface area (Å²) in [5.41, 5.74) is 0. The van der Waals surface area contributed by atoms with E-state index in [0.29, 0.717) is 18.6 Å². The Labute approximate surface area is 119 Å². The number of nitrogens with one attached hydrogen (secondary N) is 1. The Morgan fingerprint density at radius 1 is 1.21 bits per heavy atom. The molecule has 0 aromatic heterocycles. The normalized spacial score (nSPS) is 25.7. The lowest BCUT2D eigenvalue weighted by Gasteiger charge is -2.31. The van der Waals surface area contributed by atoms with Gasteiger partial charge in [0.25, 0.3) is 0 Å². The monoisotopic (exact) mass is 271 g/mol. The van der Waals surface area contributed by atoms with Crippen molar-refractivity contribution in [3.63, 3.8) is 0 Å². The Balaban J connectivity index is 2.30. The van der Waals surface area contributed by atoms with Crippen LogP contribution in [0.4, 0.5) is 0 Å². The van der Waals surface area contributed by atoms with Gasteiger partial charge in [-0.1, -0.05) is 40.0 Å². The topological polar surface area (TPSA) is 30.5 Å². The van der Waals surface area contributed by atoms with E-state index in [1.54, 1.807) is 7.11 Å². The third-order valence-corrected chi connectivity index (χ3v) is 3.97. The highest BCUT2D eigenvalue weighted by Crippen LogP contribution is 2.29. The molecular formula is C16H33NO2. The zero-order valence-corrected chi connectivity index (χ0v) is 13.3. The van der Waals surface area contributed by atoms with Crippen LogP contribution in [-0.2, 0) is 9.47 Å². The molecule has 1 aliphatic carbocycles. The van der Waals surface area contributed by atoms with Crippen molar-refractivity contribution < 1.29 is 9.47 Å². The maximum Gasteiger partial charge on any atom is 0.0936 e. The molecule has 1 fully saturated rings. The summed E-state index contributed by atoms with van der Waals surface area (Å²) >= 11 is 0. The lowest BCUT2D eigenvalue weighted by atomic mass is 9.85.